The van der Waals surface area contributed by atoms with Gasteiger partial charge in [0.05, 0.1) is 18.9 Å². The van der Waals surface area contributed by atoms with E-state index in [4.69, 9.17) is 0 Å². The Balaban J connectivity index is 2.28. The van der Waals surface area contributed by atoms with Crippen LogP contribution in [-0.4, -0.2) is 5.91 Å². The number of nitrogens with zero attached hydrogens (tertiary/aromatic N) is 1. The number of fused-ring (bicyclic) bond motifs is 3. The Labute approximate surface area is 94.2 Å². The maximum Gasteiger partial charge on any atom is 0.389 e. The third kappa shape index (κ3) is 1.20. The van der Waals surface area contributed by atoms with E-state index in [1.54, 1.807) is 11.5 Å². The van der Waals surface area contributed by atoms with E-state index in [1.165, 1.54) is 16.7 Å². The fourth-order valence-corrected chi connectivity index (χ4v) is 2.38. The minimum absolute atomic E-state index is 0.0738. The predicted octanol–water partition coefficient (Wildman–Crippen LogP) is 2.21. The van der Waals surface area contributed by atoms with Crippen molar-refractivity contribution >= 4 is 5.91 Å². The van der Waals surface area contributed by atoms with Gasteiger partial charge in [-0.15, -0.1) is 4.57 Å². The van der Waals surface area contributed by atoms with Crippen LogP contribution < -0.4 is 4.57 Å². The van der Waals surface area contributed by atoms with Crippen molar-refractivity contribution in [2.75, 3.05) is 0 Å². The van der Waals surface area contributed by atoms with Crippen LogP contribution in [0.1, 0.15) is 23.0 Å². The van der Waals surface area contributed by atoms with Gasteiger partial charge in [-0.1, -0.05) is 24.3 Å². The lowest BCUT2D eigenvalue weighted by Crippen LogP contribution is -2.43. The number of aromatic nitrogens is 1. The van der Waals surface area contributed by atoms with Crippen LogP contribution >= 0.6 is 0 Å². The molecule has 0 atom stereocenters. The van der Waals surface area contributed by atoms with E-state index >= 15 is 0 Å². The lowest BCUT2D eigenvalue weighted by Gasteiger charge is -1.98. The number of carbonyl (C=O) groups excluding carboxylic acids is 1. The van der Waals surface area contributed by atoms with Crippen LogP contribution in [0.15, 0.2) is 42.6 Å². The van der Waals surface area contributed by atoms with Gasteiger partial charge in [-0.25, -0.2) is 4.79 Å². The molecule has 2 aromatic rings. The summed E-state index contributed by atoms with van der Waals surface area (Å²) in [5, 5.41) is 0. The third-order valence-electron chi connectivity index (χ3n) is 3.10. The summed E-state index contributed by atoms with van der Waals surface area (Å²) in [7, 11) is 0. The van der Waals surface area contributed by atoms with Gasteiger partial charge in [-0.2, -0.15) is 0 Å². The zero-order valence-corrected chi connectivity index (χ0v) is 9.10. The van der Waals surface area contributed by atoms with Gasteiger partial charge >= 0.3 is 5.91 Å². The molecule has 1 heterocycles. The topological polar surface area (TPSA) is 20.9 Å². The first-order chi connectivity index (χ1) is 7.77. The molecule has 0 saturated heterocycles. The molecule has 0 bridgehead atoms. The van der Waals surface area contributed by atoms with E-state index in [0.29, 0.717) is 0 Å². The normalized spacial score (nSPS) is 12.1. The first kappa shape index (κ1) is 9.28. The van der Waals surface area contributed by atoms with Crippen molar-refractivity contribution in [2.45, 2.75) is 13.3 Å². The lowest BCUT2D eigenvalue weighted by molar-refractivity contribution is -0.580. The van der Waals surface area contributed by atoms with Crippen LogP contribution in [-0.2, 0) is 6.42 Å². The smallest absolute Gasteiger partial charge is 0.220 e. The van der Waals surface area contributed by atoms with Crippen LogP contribution in [0, 0.1) is 0 Å². The molecule has 0 amide bonds. The Bertz CT molecular complexity index is 587. The molecule has 0 aliphatic heterocycles. The van der Waals surface area contributed by atoms with E-state index in [-0.39, 0.29) is 5.91 Å². The quantitative estimate of drug-likeness (QED) is 0.521. The molecule has 2 nitrogen and oxygen atoms in total. The molecule has 1 aromatic heterocycles. The third-order valence-corrected chi connectivity index (χ3v) is 3.10. The Hall–Kier alpha value is -1.96. The van der Waals surface area contributed by atoms with Crippen molar-refractivity contribution in [3.05, 3.63) is 53.9 Å². The van der Waals surface area contributed by atoms with E-state index in [1.807, 2.05) is 24.4 Å². The van der Waals surface area contributed by atoms with Crippen molar-refractivity contribution < 1.29 is 9.36 Å². The highest BCUT2D eigenvalue weighted by atomic mass is 16.1. The van der Waals surface area contributed by atoms with Crippen LogP contribution in [0.5, 0.6) is 0 Å². The summed E-state index contributed by atoms with van der Waals surface area (Å²) >= 11 is 0. The van der Waals surface area contributed by atoms with Crippen LogP contribution in [0.25, 0.3) is 11.1 Å². The number of hydrogen-bond acceptors (Lipinski definition) is 1. The summed E-state index contributed by atoms with van der Waals surface area (Å²) in [6.07, 6.45) is 2.69. The van der Waals surface area contributed by atoms with Crippen LogP contribution in [0.3, 0.4) is 0 Å². The second kappa shape index (κ2) is 3.27. The van der Waals surface area contributed by atoms with Gasteiger partial charge in [0.25, 0.3) is 0 Å². The second-order valence-electron chi connectivity index (χ2n) is 4.09. The van der Waals surface area contributed by atoms with Gasteiger partial charge in [0.15, 0.2) is 6.20 Å². The maximum atomic E-state index is 11.5. The fraction of sp³-hybridized carbons (Fsp3) is 0.143. The molecular formula is C14H12NO+. The second-order valence-corrected chi connectivity index (χ2v) is 4.09. The summed E-state index contributed by atoms with van der Waals surface area (Å²) in [6.45, 7) is 1.60. The average molecular weight is 210 g/mol. The van der Waals surface area contributed by atoms with Gasteiger partial charge in [-0.3, -0.25) is 0 Å². The molecule has 0 fully saturated rings. The standard InChI is InChI=1S/C14H12NO/c1-10(16)15-8-4-7-13-12-6-3-2-5-11(12)9-14(13)15/h2-8H,9H2,1H3/q+1. The molecule has 1 aromatic carbocycles. The predicted molar refractivity (Wildman–Crippen MR) is 61.2 cm³/mol. The molecule has 2 heteroatoms. The molecule has 1 aliphatic carbocycles. The Morgan fingerprint density at radius 2 is 1.88 bits per heavy atom. The average Bonchev–Trinajstić information content (AvgIpc) is 2.67. The van der Waals surface area contributed by atoms with Crippen molar-refractivity contribution in [3.63, 3.8) is 0 Å². The summed E-state index contributed by atoms with van der Waals surface area (Å²) in [4.78, 5) is 11.5. The number of hydrogen-bond donors (Lipinski definition) is 0. The van der Waals surface area contributed by atoms with Crippen molar-refractivity contribution in [1.29, 1.82) is 0 Å². The first-order valence-corrected chi connectivity index (χ1v) is 5.40. The maximum absolute atomic E-state index is 11.5. The molecule has 0 saturated carbocycles. The lowest BCUT2D eigenvalue weighted by atomic mass is 10.1. The summed E-state index contributed by atoms with van der Waals surface area (Å²) in [5.41, 5.74) is 4.86. The highest BCUT2D eigenvalue weighted by Gasteiger charge is 2.28. The van der Waals surface area contributed by atoms with E-state index < -0.39 is 0 Å². The molecule has 0 unspecified atom stereocenters. The number of rotatable bonds is 0. The molecule has 78 valence electrons. The van der Waals surface area contributed by atoms with Gasteiger partial charge in [-0.05, 0) is 17.2 Å². The molecule has 1 aliphatic rings. The van der Waals surface area contributed by atoms with E-state index in [9.17, 15) is 4.79 Å². The molecule has 0 radical (unpaired) electrons. The van der Waals surface area contributed by atoms with Crippen molar-refractivity contribution in [3.8, 4) is 11.1 Å². The van der Waals surface area contributed by atoms with Gasteiger partial charge in [0.2, 0.25) is 5.69 Å². The van der Waals surface area contributed by atoms with Gasteiger partial charge < -0.3 is 0 Å². The zero-order valence-electron chi connectivity index (χ0n) is 9.10. The zero-order chi connectivity index (χ0) is 11.1. The molecular weight excluding hydrogens is 198 g/mol. The van der Waals surface area contributed by atoms with E-state index in [0.717, 1.165) is 12.1 Å². The summed E-state index contributed by atoms with van der Waals surface area (Å²) in [5.74, 6) is 0.0738. The van der Waals surface area contributed by atoms with E-state index in [2.05, 4.69) is 18.2 Å². The summed E-state index contributed by atoms with van der Waals surface area (Å²) in [6, 6.07) is 12.3. The number of benzene rings is 1. The molecule has 0 N–H and O–H groups in total. The minimum Gasteiger partial charge on any atom is -0.220 e. The SMILES string of the molecule is CC(=O)[n+]1cccc2c1Cc1ccccc1-2. The summed E-state index contributed by atoms with van der Waals surface area (Å²) < 4.78 is 1.75. The molecule has 3 rings (SSSR count). The number of carbonyl (C=O) groups is 1. The largest absolute Gasteiger partial charge is 0.389 e. The highest BCUT2D eigenvalue weighted by molar-refractivity contribution is 5.75. The minimum atomic E-state index is 0.0738. The Morgan fingerprint density at radius 1 is 1.12 bits per heavy atom. The highest BCUT2D eigenvalue weighted by Crippen LogP contribution is 2.33. The van der Waals surface area contributed by atoms with Crippen LogP contribution in [0.2, 0.25) is 0 Å². The Kier molecular flexibility index (Phi) is 1.90. The van der Waals surface area contributed by atoms with Crippen molar-refractivity contribution in [2.24, 2.45) is 0 Å². The molecule has 16 heavy (non-hydrogen) atoms. The first-order valence-electron chi connectivity index (χ1n) is 5.40. The monoisotopic (exact) mass is 210 g/mol. The fourth-order valence-electron chi connectivity index (χ4n) is 2.38. The van der Waals surface area contributed by atoms with Gasteiger partial charge in [0, 0.05) is 6.07 Å². The molecule has 0 spiro atoms. The van der Waals surface area contributed by atoms with Crippen LogP contribution in [0.4, 0.5) is 0 Å². The number of pyridine rings is 1. The van der Waals surface area contributed by atoms with Gasteiger partial charge in [0.1, 0.15) is 0 Å². The van der Waals surface area contributed by atoms with Crippen molar-refractivity contribution in [1.82, 2.24) is 0 Å². The Morgan fingerprint density at radius 3 is 2.69 bits per heavy atom.